The number of rotatable bonds is 5. The quantitative estimate of drug-likeness (QED) is 0.656. The molecule has 0 bridgehead atoms. The fraction of sp³-hybridized carbons (Fsp3) is 0.900. The van der Waals surface area contributed by atoms with E-state index in [1.165, 1.54) is 0 Å². The van der Waals surface area contributed by atoms with E-state index in [-0.39, 0.29) is 11.8 Å². The summed E-state index contributed by atoms with van der Waals surface area (Å²) in [5.41, 5.74) is 0. The van der Waals surface area contributed by atoms with E-state index in [0.29, 0.717) is 12.5 Å². The molecule has 0 aromatic rings. The van der Waals surface area contributed by atoms with Crippen LogP contribution in [0, 0.1) is 5.92 Å². The van der Waals surface area contributed by atoms with E-state index in [9.17, 15) is 4.79 Å². The second-order valence-electron chi connectivity index (χ2n) is 3.52. The van der Waals surface area contributed by atoms with Crippen LogP contribution in [-0.4, -0.2) is 43.0 Å². The van der Waals surface area contributed by atoms with Crippen molar-refractivity contribution in [1.82, 2.24) is 4.90 Å². The van der Waals surface area contributed by atoms with Gasteiger partial charge < -0.3 is 9.64 Å². The number of alkyl halides is 1. The van der Waals surface area contributed by atoms with Crippen molar-refractivity contribution in [3.05, 3.63) is 0 Å². The van der Waals surface area contributed by atoms with E-state index in [4.69, 9.17) is 16.3 Å². The normalized spacial score (nSPS) is 21.1. The summed E-state index contributed by atoms with van der Waals surface area (Å²) >= 11 is 5.60. The molecule has 0 aliphatic carbocycles. The fourth-order valence-corrected chi connectivity index (χ4v) is 1.78. The third-order valence-corrected chi connectivity index (χ3v) is 2.80. The van der Waals surface area contributed by atoms with Gasteiger partial charge in [-0.05, 0) is 19.8 Å². The minimum absolute atomic E-state index is 0.0882. The van der Waals surface area contributed by atoms with Crippen molar-refractivity contribution in [2.75, 3.05) is 32.2 Å². The van der Waals surface area contributed by atoms with Gasteiger partial charge >= 0.3 is 0 Å². The van der Waals surface area contributed by atoms with Crippen molar-refractivity contribution in [1.29, 1.82) is 0 Å². The van der Waals surface area contributed by atoms with Gasteiger partial charge in [0.15, 0.2) is 0 Å². The summed E-state index contributed by atoms with van der Waals surface area (Å²) < 4.78 is 5.20. The first kappa shape index (κ1) is 11.8. The summed E-state index contributed by atoms with van der Waals surface area (Å²) in [6.45, 7) is 4.86. The Labute approximate surface area is 90.4 Å². The van der Waals surface area contributed by atoms with Crippen LogP contribution in [0.4, 0.5) is 0 Å². The second-order valence-corrected chi connectivity index (χ2v) is 3.90. The van der Waals surface area contributed by atoms with Gasteiger partial charge in [0.1, 0.15) is 0 Å². The molecule has 1 amide bonds. The number of hydrogen-bond acceptors (Lipinski definition) is 2. The lowest BCUT2D eigenvalue weighted by atomic mass is 10.1. The summed E-state index contributed by atoms with van der Waals surface area (Å²) in [4.78, 5) is 13.8. The highest BCUT2D eigenvalue weighted by atomic mass is 35.5. The van der Waals surface area contributed by atoms with Crippen LogP contribution in [0.15, 0.2) is 0 Å². The first-order valence-corrected chi connectivity index (χ1v) is 5.75. The molecule has 82 valence electrons. The molecule has 0 N–H and O–H groups in total. The largest absolute Gasteiger partial charge is 0.381 e. The summed E-state index contributed by atoms with van der Waals surface area (Å²) in [5.74, 6) is 0.936. The minimum atomic E-state index is 0.0882. The van der Waals surface area contributed by atoms with Gasteiger partial charge in [-0.3, -0.25) is 4.79 Å². The molecule has 1 unspecified atom stereocenters. The molecule has 0 aromatic carbocycles. The Morgan fingerprint density at radius 3 is 2.93 bits per heavy atom. The lowest BCUT2D eigenvalue weighted by Crippen LogP contribution is -2.37. The van der Waals surface area contributed by atoms with Crippen LogP contribution in [0.5, 0.6) is 0 Å². The summed E-state index contributed by atoms with van der Waals surface area (Å²) in [6.07, 6.45) is 1.74. The molecule has 0 saturated carbocycles. The molecule has 1 rings (SSSR count). The predicted molar refractivity (Wildman–Crippen MR) is 56.5 cm³/mol. The van der Waals surface area contributed by atoms with E-state index in [1.807, 2.05) is 11.8 Å². The van der Waals surface area contributed by atoms with Crippen LogP contribution < -0.4 is 0 Å². The second kappa shape index (κ2) is 6.25. The topological polar surface area (TPSA) is 29.5 Å². The first-order chi connectivity index (χ1) is 6.79. The van der Waals surface area contributed by atoms with E-state index < -0.39 is 0 Å². The Balaban J connectivity index is 2.37. The third kappa shape index (κ3) is 3.14. The highest BCUT2D eigenvalue weighted by molar-refractivity contribution is 6.17. The van der Waals surface area contributed by atoms with Crippen molar-refractivity contribution in [3.8, 4) is 0 Å². The molecule has 0 spiro atoms. The number of amides is 1. The molecular formula is C10H18ClNO2. The Kier molecular flexibility index (Phi) is 5.26. The molecular weight excluding hydrogens is 202 g/mol. The minimum Gasteiger partial charge on any atom is -0.381 e. The van der Waals surface area contributed by atoms with Crippen molar-refractivity contribution >= 4 is 17.5 Å². The van der Waals surface area contributed by atoms with Gasteiger partial charge in [-0.2, -0.15) is 0 Å². The van der Waals surface area contributed by atoms with Crippen LogP contribution in [0.3, 0.4) is 0 Å². The van der Waals surface area contributed by atoms with Gasteiger partial charge in [0.05, 0.1) is 12.5 Å². The zero-order chi connectivity index (χ0) is 10.4. The SMILES string of the molecule is CCN(CCCCl)C(=O)C1CCOC1. The Morgan fingerprint density at radius 2 is 2.43 bits per heavy atom. The Bertz CT molecular complexity index is 181. The Hall–Kier alpha value is -0.280. The van der Waals surface area contributed by atoms with E-state index >= 15 is 0 Å². The molecule has 1 saturated heterocycles. The third-order valence-electron chi connectivity index (χ3n) is 2.53. The Morgan fingerprint density at radius 1 is 1.64 bits per heavy atom. The molecule has 0 aromatic heterocycles. The first-order valence-electron chi connectivity index (χ1n) is 5.22. The predicted octanol–water partition coefficient (Wildman–Crippen LogP) is 1.50. The number of hydrogen-bond donors (Lipinski definition) is 0. The standard InChI is InChI=1S/C10H18ClNO2/c1-2-12(6-3-5-11)10(13)9-4-7-14-8-9/h9H,2-8H2,1H3. The maximum Gasteiger partial charge on any atom is 0.228 e. The van der Waals surface area contributed by atoms with Gasteiger partial charge in [-0.25, -0.2) is 0 Å². The van der Waals surface area contributed by atoms with Crippen LogP contribution >= 0.6 is 11.6 Å². The fourth-order valence-electron chi connectivity index (χ4n) is 1.66. The van der Waals surface area contributed by atoms with Crippen molar-refractivity contribution < 1.29 is 9.53 Å². The number of ether oxygens (including phenoxy) is 1. The molecule has 1 atom stereocenters. The molecule has 1 aliphatic heterocycles. The van der Waals surface area contributed by atoms with Gasteiger partial charge in [0.25, 0.3) is 0 Å². The zero-order valence-corrected chi connectivity index (χ0v) is 9.42. The van der Waals surface area contributed by atoms with Crippen molar-refractivity contribution in [2.24, 2.45) is 5.92 Å². The van der Waals surface area contributed by atoms with E-state index in [2.05, 4.69) is 0 Å². The van der Waals surface area contributed by atoms with Crippen LogP contribution in [0.2, 0.25) is 0 Å². The average molecular weight is 220 g/mol. The highest BCUT2D eigenvalue weighted by Gasteiger charge is 2.26. The van der Waals surface area contributed by atoms with E-state index in [0.717, 1.165) is 32.5 Å². The molecule has 3 nitrogen and oxygen atoms in total. The van der Waals surface area contributed by atoms with E-state index in [1.54, 1.807) is 0 Å². The lowest BCUT2D eigenvalue weighted by Gasteiger charge is -2.23. The molecule has 14 heavy (non-hydrogen) atoms. The molecule has 1 fully saturated rings. The van der Waals surface area contributed by atoms with Gasteiger partial charge in [0, 0.05) is 25.6 Å². The monoisotopic (exact) mass is 219 g/mol. The zero-order valence-electron chi connectivity index (χ0n) is 8.67. The molecule has 0 radical (unpaired) electrons. The maximum atomic E-state index is 11.9. The molecule has 4 heteroatoms. The summed E-state index contributed by atoms with van der Waals surface area (Å²) in [5, 5.41) is 0. The molecule has 1 aliphatic rings. The van der Waals surface area contributed by atoms with Crippen molar-refractivity contribution in [2.45, 2.75) is 19.8 Å². The van der Waals surface area contributed by atoms with Gasteiger partial charge in [0.2, 0.25) is 5.91 Å². The lowest BCUT2D eigenvalue weighted by molar-refractivity contribution is -0.135. The maximum absolute atomic E-state index is 11.9. The number of carbonyl (C=O) groups excluding carboxylic acids is 1. The van der Waals surface area contributed by atoms with Crippen LogP contribution in [-0.2, 0) is 9.53 Å². The number of carbonyl (C=O) groups is 1. The summed E-state index contributed by atoms with van der Waals surface area (Å²) in [7, 11) is 0. The van der Waals surface area contributed by atoms with Crippen LogP contribution in [0.25, 0.3) is 0 Å². The van der Waals surface area contributed by atoms with Crippen molar-refractivity contribution in [3.63, 3.8) is 0 Å². The smallest absolute Gasteiger partial charge is 0.228 e. The average Bonchev–Trinajstić information content (AvgIpc) is 2.71. The van der Waals surface area contributed by atoms with Gasteiger partial charge in [-0.15, -0.1) is 11.6 Å². The molecule has 1 heterocycles. The van der Waals surface area contributed by atoms with Gasteiger partial charge in [-0.1, -0.05) is 0 Å². The highest BCUT2D eigenvalue weighted by Crippen LogP contribution is 2.15. The van der Waals surface area contributed by atoms with Crippen LogP contribution in [0.1, 0.15) is 19.8 Å². The number of halogens is 1. The summed E-state index contributed by atoms with van der Waals surface area (Å²) in [6, 6.07) is 0. The number of nitrogens with zero attached hydrogens (tertiary/aromatic N) is 1.